The lowest BCUT2D eigenvalue weighted by atomic mass is 10.1. The van der Waals surface area contributed by atoms with Gasteiger partial charge >= 0.3 is 0 Å². The first-order chi connectivity index (χ1) is 15.5. The van der Waals surface area contributed by atoms with Gasteiger partial charge in [-0.3, -0.25) is 14.5 Å². The lowest BCUT2D eigenvalue weighted by molar-refractivity contribution is 0.0376. The molecule has 2 saturated heterocycles. The molecular weight excluding hydrogens is 428 g/mol. The molecule has 2 N–H and O–H groups in total. The Labute approximate surface area is 191 Å². The quantitative estimate of drug-likeness (QED) is 0.639. The standard InChI is InChI=1S/C24H25ClN4O3/c25-18-7-5-16(6-8-18)23(31)28-11-9-27(10-12-28)21-14-29(15-22(21)30)24(32)20-13-17-3-1-2-4-19(17)26-20/h1-8,13,21-22,26,30H,9-12,14-15H2/t21-,22-/m1/s1. The number of likely N-dealkylation sites (tertiary alicyclic amines) is 1. The predicted molar refractivity (Wildman–Crippen MR) is 123 cm³/mol. The average molecular weight is 453 g/mol. The molecule has 0 bridgehead atoms. The van der Waals surface area contributed by atoms with Gasteiger partial charge < -0.3 is 19.9 Å². The van der Waals surface area contributed by atoms with E-state index >= 15 is 0 Å². The van der Waals surface area contributed by atoms with Crippen molar-refractivity contribution in [3.63, 3.8) is 0 Å². The first kappa shape index (κ1) is 21.0. The van der Waals surface area contributed by atoms with Crippen LogP contribution in [-0.4, -0.2) is 88.0 Å². The number of H-pyrrole nitrogens is 1. The summed E-state index contributed by atoms with van der Waals surface area (Å²) in [6.07, 6.45) is -0.609. The van der Waals surface area contributed by atoms with Gasteiger partial charge in [-0.15, -0.1) is 0 Å². The fourth-order valence-corrected chi connectivity index (χ4v) is 4.81. The zero-order valence-corrected chi connectivity index (χ0v) is 18.3. The Hall–Kier alpha value is -2.87. The molecule has 2 atom stereocenters. The number of halogens is 1. The van der Waals surface area contributed by atoms with Gasteiger partial charge in [0, 0.05) is 60.8 Å². The predicted octanol–water partition coefficient (Wildman–Crippen LogP) is 2.46. The normalized spacial score (nSPS) is 21.9. The highest BCUT2D eigenvalue weighted by Crippen LogP contribution is 2.23. The summed E-state index contributed by atoms with van der Waals surface area (Å²) >= 11 is 5.92. The maximum absolute atomic E-state index is 13.0. The molecule has 0 saturated carbocycles. The van der Waals surface area contributed by atoms with Crippen LogP contribution in [0, 0.1) is 0 Å². The van der Waals surface area contributed by atoms with Crippen LogP contribution in [0.15, 0.2) is 54.6 Å². The summed E-state index contributed by atoms with van der Waals surface area (Å²) < 4.78 is 0. The number of hydrogen-bond acceptors (Lipinski definition) is 4. The average Bonchev–Trinajstić information content (AvgIpc) is 3.42. The minimum Gasteiger partial charge on any atom is -0.390 e. The van der Waals surface area contributed by atoms with E-state index in [0.717, 1.165) is 10.9 Å². The smallest absolute Gasteiger partial charge is 0.270 e. The van der Waals surface area contributed by atoms with Gasteiger partial charge in [-0.1, -0.05) is 29.8 Å². The van der Waals surface area contributed by atoms with Crippen LogP contribution in [0.25, 0.3) is 10.9 Å². The van der Waals surface area contributed by atoms with Crippen molar-refractivity contribution in [2.45, 2.75) is 12.1 Å². The summed E-state index contributed by atoms with van der Waals surface area (Å²) in [7, 11) is 0. The van der Waals surface area contributed by atoms with Gasteiger partial charge in [-0.05, 0) is 36.4 Å². The van der Waals surface area contributed by atoms with E-state index in [1.807, 2.05) is 35.2 Å². The molecule has 2 aliphatic heterocycles. The summed E-state index contributed by atoms with van der Waals surface area (Å²) in [5.74, 6) is -0.108. The topological polar surface area (TPSA) is 79.9 Å². The lowest BCUT2D eigenvalue weighted by Crippen LogP contribution is -2.54. The van der Waals surface area contributed by atoms with Crippen LogP contribution in [-0.2, 0) is 0 Å². The molecule has 166 valence electrons. The van der Waals surface area contributed by atoms with Crippen LogP contribution in [0.4, 0.5) is 0 Å². The highest BCUT2D eigenvalue weighted by Gasteiger charge is 2.39. The van der Waals surface area contributed by atoms with Crippen LogP contribution >= 0.6 is 11.6 Å². The third kappa shape index (κ3) is 3.99. The summed E-state index contributed by atoms with van der Waals surface area (Å²) in [6.45, 7) is 3.27. The second-order valence-electron chi connectivity index (χ2n) is 8.45. The molecule has 2 amide bonds. The summed E-state index contributed by atoms with van der Waals surface area (Å²) in [4.78, 5) is 34.7. The molecule has 1 aromatic heterocycles. The Morgan fingerprint density at radius 2 is 1.62 bits per heavy atom. The molecule has 0 unspecified atom stereocenters. The number of aliphatic hydroxyl groups excluding tert-OH is 1. The molecule has 3 aromatic rings. The zero-order valence-electron chi connectivity index (χ0n) is 17.6. The van der Waals surface area contributed by atoms with Crippen LogP contribution < -0.4 is 0 Å². The minimum absolute atomic E-state index is 0.0103. The molecule has 32 heavy (non-hydrogen) atoms. The van der Waals surface area contributed by atoms with Crippen LogP contribution in [0.3, 0.4) is 0 Å². The molecule has 8 heteroatoms. The van der Waals surface area contributed by atoms with Gasteiger partial charge in [-0.2, -0.15) is 0 Å². The second kappa shape index (κ2) is 8.58. The third-order valence-electron chi connectivity index (χ3n) is 6.47. The zero-order chi connectivity index (χ0) is 22.2. The van der Waals surface area contributed by atoms with Gasteiger partial charge in [0.2, 0.25) is 0 Å². The Bertz CT molecular complexity index is 1100. The number of hydrogen-bond donors (Lipinski definition) is 2. The van der Waals surface area contributed by atoms with Crippen molar-refractivity contribution >= 4 is 34.3 Å². The number of carbonyl (C=O) groups is 2. The van der Waals surface area contributed by atoms with Gasteiger partial charge in [0.25, 0.3) is 11.8 Å². The number of nitrogens with one attached hydrogen (secondary N) is 1. The number of carbonyl (C=O) groups excluding carboxylic acids is 2. The second-order valence-corrected chi connectivity index (χ2v) is 8.89. The lowest BCUT2D eigenvalue weighted by Gasteiger charge is -2.38. The molecular formula is C24H25ClN4O3. The molecule has 0 aliphatic carbocycles. The number of aliphatic hydroxyl groups is 1. The van der Waals surface area contributed by atoms with Crippen molar-refractivity contribution < 1.29 is 14.7 Å². The Balaban J connectivity index is 1.20. The van der Waals surface area contributed by atoms with E-state index in [9.17, 15) is 14.7 Å². The van der Waals surface area contributed by atoms with E-state index < -0.39 is 6.10 Å². The number of para-hydroxylation sites is 1. The maximum atomic E-state index is 13.0. The number of piperazine rings is 1. The van der Waals surface area contributed by atoms with Gasteiger partial charge in [0.15, 0.2) is 0 Å². The van der Waals surface area contributed by atoms with Crippen LogP contribution in [0.2, 0.25) is 5.02 Å². The van der Waals surface area contributed by atoms with Crippen molar-refractivity contribution in [2.75, 3.05) is 39.3 Å². The van der Waals surface area contributed by atoms with Gasteiger partial charge in [0.1, 0.15) is 5.69 Å². The number of aromatic amines is 1. The Morgan fingerprint density at radius 1 is 0.906 bits per heavy atom. The Kier molecular flexibility index (Phi) is 5.63. The van der Waals surface area contributed by atoms with Crippen molar-refractivity contribution in [2.24, 2.45) is 0 Å². The van der Waals surface area contributed by atoms with Crippen molar-refractivity contribution in [3.05, 3.63) is 70.9 Å². The molecule has 0 spiro atoms. The van der Waals surface area contributed by atoms with E-state index in [1.165, 1.54) is 0 Å². The first-order valence-corrected chi connectivity index (χ1v) is 11.2. The van der Waals surface area contributed by atoms with E-state index in [2.05, 4.69) is 9.88 Å². The largest absolute Gasteiger partial charge is 0.390 e. The number of aromatic nitrogens is 1. The number of nitrogens with zero attached hydrogens (tertiary/aromatic N) is 3. The molecule has 2 aromatic carbocycles. The number of benzene rings is 2. The van der Waals surface area contributed by atoms with Crippen molar-refractivity contribution in [1.82, 2.24) is 19.7 Å². The van der Waals surface area contributed by atoms with E-state index in [4.69, 9.17) is 11.6 Å². The van der Waals surface area contributed by atoms with E-state index in [-0.39, 0.29) is 17.9 Å². The molecule has 0 radical (unpaired) electrons. The summed E-state index contributed by atoms with van der Waals surface area (Å²) in [5, 5.41) is 12.3. The third-order valence-corrected chi connectivity index (χ3v) is 6.72. The van der Waals surface area contributed by atoms with Crippen molar-refractivity contribution in [3.8, 4) is 0 Å². The van der Waals surface area contributed by atoms with Crippen LogP contribution in [0.1, 0.15) is 20.8 Å². The first-order valence-electron chi connectivity index (χ1n) is 10.8. The van der Waals surface area contributed by atoms with Crippen LogP contribution in [0.5, 0.6) is 0 Å². The Morgan fingerprint density at radius 3 is 2.34 bits per heavy atom. The number of β-amino-alcohol motifs (C(OH)–C–C–N with tert-alkyl or cyclic N) is 1. The molecule has 2 aliphatic rings. The highest BCUT2D eigenvalue weighted by molar-refractivity contribution is 6.30. The van der Waals surface area contributed by atoms with Gasteiger partial charge in [-0.25, -0.2) is 0 Å². The highest BCUT2D eigenvalue weighted by atomic mass is 35.5. The summed E-state index contributed by atoms with van der Waals surface area (Å²) in [5.41, 5.74) is 2.09. The SMILES string of the molecule is O=C(c1ccc(Cl)cc1)N1CCN([C@@H]2CN(C(=O)c3cc4ccccc4[nH]3)C[C@H]2O)CC1. The van der Waals surface area contributed by atoms with Crippen molar-refractivity contribution in [1.29, 1.82) is 0 Å². The van der Waals surface area contributed by atoms with E-state index in [1.54, 1.807) is 29.2 Å². The fraction of sp³-hybridized carbons (Fsp3) is 0.333. The van der Waals surface area contributed by atoms with Gasteiger partial charge in [0.05, 0.1) is 12.1 Å². The maximum Gasteiger partial charge on any atom is 0.270 e. The summed E-state index contributed by atoms with van der Waals surface area (Å²) in [6, 6.07) is 16.4. The molecule has 2 fully saturated rings. The molecule has 7 nitrogen and oxygen atoms in total. The minimum atomic E-state index is -0.609. The molecule has 5 rings (SSSR count). The molecule has 3 heterocycles. The fourth-order valence-electron chi connectivity index (χ4n) is 4.68. The number of rotatable bonds is 3. The number of amides is 2. The monoisotopic (exact) mass is 452 g/mol. The van der Waals surface area contributed by atoms with E-state index in [0.29, 0.717) is 55.5 Å². The number of fused-ring (bicyclic) bond motifs is 1.